The van der Waals surface area contributed by atoms with Gasteiger partial charge in [-0.15, -0.1) is 0 Å². The van der Waals surface area contributed by atoms with Gasteiger partial charge in [0, 0.05) is 16.9 Å². The summed E-state index contributed by atoms with van der Waals surface area (Å²) in [6.07, 6.45) is 0. The molecule has 28 heavy (non-hydrogen) atoms. The lowest BCUT2D eigenvalue weighted by Crippen LogP contribution is -2.39. The zero-order valence-electron chi connectivity index (χ0n) is 15.5. The SMILES string of the molecule is Cc1ccc(N2C(=O)N(CC(=O)Nc3ccc(C(N)=O)cc3)C(=O)[C@H]2C)cc1. The van der Waals surface area contributed by atoms with E-state index in [1.54, 1.807) is 19.1 Å². The normalized spacial score (nSPS) is 16.4. The highest BCUT2D eigenvalue weighted by atomic mass is 16.2. The van der Waals surface area contributed by atoms with Gasteiger partial charge in [-0.2, -0.15) is 0 Å². The largest absolute Gasteiger partial charge is 0.366 e. The van der Waals surface area contributed by atoms with Crippen molar-refractivity contribution in [3.8, 4) is 0 Å². The molecule has 1 saturated heterocycles. The van der Waals surface area contributed by atoms with E-state index in [2.05, 4.69) is 5.32 Å². The van der Waals surface area contributed by atoms with Crippen molar-refractivity contribution in [2.75, 3.05) is 16.8 Å². The molecule has 1 fully saturated rings. The highest BCUT2D eigenvalue weighted by molar-refractivity contribution is 6.16. The summed E-state index contributed by atoms with van der Waals surface area (Å²) in [4.78, 5) is 50.9. The third-order valence-electron chi connectivity index (χ3n) is 4.51. The Morgan fingerprint density at radius 1 is 1.04 bits per heavy atom. The molecule has 0 spiro atoms. The Hall–Kier alpha value is -3.68. The van der Waals surface area contributed by atoms with Gasteiger partial charge in [0.25, 0.3) is 5.91 Å². The average molecular weight is 380 g/mol. The number of urea groups is 1. The van der Waals surface area contributed by atoms with Crippen LogP contribution in [0.3, 0.4) is 0 Å². The van der Waals surface area contributed by atoms with Crippen molar-refractivity contribution in [2.24, 2.45) is 5.73 Å². The van der Waals surface area contributed by atoms with E-state index in [1.165, 1.54) is 29.2 Å². The Bertz CT molecular complexity index is 938. The first kappa shape index (κ1) is 19.1. The Labute approximate surface area is 161 Å². The van der Waals surface area contributed by atoms with Gasteiger partial charge in [-0.3, -0.25) is 24.2 Å². The zero-order chi connectivity index (χ0) is 20.4. The maximum Gasteiger partial charge on any atom is 0.332 e. The lowest BCUT2D eigenvalue weighted by atomic mass is 10.2. The van der Waals surface area contributed by atoms with E-state index in [-0.39, 0.29) is 0 Å². The summed E-state index contributed by atoms with van der Waals surface area (Å²) in [6, 6.07) is 12.0. The molecular weight excluding hydrogens is 360 g/mol. The predicted molar refractivity (Wildman–Crippen MR) is 104 cm³/mol. The number of imide groups is 1. The molecule has 1 atom stereocenters. The lowest BCUT2D eigenvalue weighted by molar-refractivity contribution is -0.130. The molecule has 0 saturated carbocycles. The van der Waals surface area contributed by atoms with Crippen molar-refractivity contribution in [3.05, 3.63) is 59.7 Å². The fourth-order valence-electron chi connectivity index (χ4n) is 2.97. The van der Waals surface area contributed by atoms with Gasteiger partial charge >= 0.3 is 6.03 Å². The smallest absolute Gasteiger partial charge is 0.332 e. The van der Waals surface area contributed by atoms with E-state index in [0.717, 1.165) is 10.5 Å². The molecule has 3 rings (SSSR count). The topological polar surface area (TPSA) is 113 Å². The van der Waals surface area contributed by atoms with Crippen LogP contribution in [-0.4, -0.2) is 41.2 Å². The first-order valence-electron chi connectivity index (χ1n) is 8.69. The van der Waals surface area contributed by atoms with Crippen molar-refractivity contribution >= 4 is 35.1 Å². The third-order valence-corrected chi connectivity index (χ3v) is 4.51. The van der Waals surface area contributed by atoms with E-state index in [0.29, 0.717) is 16.9 Å². The Morgan fingerprint density at radius 3 is 2.21 bits per heavy atom. The number of anilines is 2. The summed E-state index contributed by atoms with van der Waals surface area (Å²) in [6.45, 7) is 3.15. The standard InChI is InChI=1S/C20H20N4O4/c1-12-3-9-16(10-4-12)24-13(2)19(27)23(20(24)28)11-17(25)22-15-7-5-14(6-8-15)18(21)26/h3-10,13H,11H2,1-2H3,(H2,21,26)(H,22,25)/t13-/m1/s1. The quantitative estimate of drug-likeness (QED) is 0.771. The molecule has 8 nitrogen and oxygen atoms in total. The molecule has 0 unspecified atom stereocenters. The summed E-state index contributed by atoms with van der Waals surface area (Å²) in [5.74, 6) is -1.53. The highest BCUT2D eigenvalue weighted by Gasteiger charge is 2.44. The zero-order valence-corrected chi connectivity index (χ0v) is 15.5. The van der Waals surface area contributed by atoms with Gasteiger partial charge in [0.2, 0.25) is 11.8 Å². The van der Waals surface area contributed by atoms with Crippen molar-refractivity contribution < 1.29 is 19.2 Å². The highest BCUT2D eigenvalue weighted by Crippen LogP contribution is 2.26. The van der Waals surface area contributed by atoms with E-state index >= 15 is 0 Å². The van der Waals surface area contributed by atoms with Gasteiger partial charge in [-0.1, -0.05) is 17.7 Å². The van der Waals surface area contributed by atoms with Crippen LogP contribution in [0.4, 0.5) is 16.2 Å². The van der Waals surface area contributed by atoms with Gasteiger partial charge in [-0.05, 0) is 50.2 Å². The fourth-order valence-corrected chi connectivity index (χ4v) is 2.97. The molecule has 1 heterocycles. The minimum Gasteiger partial charge on any atom is -0.366 e. The van der Waals surface area contributed by atoms with Crippen LogP contribution in [0.15, 0.2) is 48.5 Å². The Kier molecular flexibility index (Phi) is 5.12. The van der Waals surface area contributed by atoms with Crippen LogP contribution >= 0.6 is 0 Å². The van der Waals surface area contributed by atoms with Crippen molar-refractivity contribution in [2.45, 2.75) is 19.9 Å². The molecule has 0 radical (unpaired) electrons. The maximum absolute atomic E-state index is 12.7. The van der Waals surface area contributed by atoms with Crippen molar-refractivity contribution in [1.29, 1.82) is 0 Å². The number of benzene rings is 2. The molecule has 8 heteroatoms. The predicted octanol–water partition coefficient (Wildman–Crippen LogP) is 1.89. The third kappa shape index (κ3) is 3.71. The van der Waals surface area contributed by atoms with Gasteiger partial charge in [0.1, 0.15) is 12.6 Å². The molecule has 0 aliphatic carbocycles. The maximum atomic E-state index is 12.7. The summed E-state index contributed by atoms with van der Waals surface area (Å²) in [5, 5.41) is 2.60. The number of hydrogen-bond acceptors (Lipinski definition) is 4. The van der Waals surface area contributed by atoms with E-state index < -0.39 is 36.3 Å². The number of nitrogens with two attached hydrogens (primary N) is 1. The summed E-state index contributed by atoms with van der Waals surface area (Å²) >= 11 is 0. The van der Waals surface area contributed by atoms with Crippen LogP contribution in [0, 0.1) is 6.92 Å². The summed E-state index contributed by atoms with van der Waals surface area (Å²) in [5.41, 5.74) is 7.55. The molecule has 0 aromatic heterocycles. The number of hydrogen-bond donors (Lipinski definition) is 2. The Morgan fingerprint density at radius 2 is 1.64 bits per heavy atom. The van der Waals surface area contributed by atoms with Crippen molar-refractivity contribution in [3.63, 3.8) is 0 Å². The number of carbonyl (C=O) groups excluding carboxylic acids is 4. The van der Waals surface area contributed by atoms with Gasteiger partial charge in [-0.25, -0.2) is 4.79 Å². The minimum absolute atomic E-state index is 0.311. The number of nitrogens with zero attached hydrogens (tertiary/aromatic N) is 2. The number of carbonyl (C=O) groups is 4. The monoisotopic (exact) mass is 380 g/mol. The molecular formula is C20H20N4O4. The number of amides is 5. The van der Waals surface area contributed by atoms with Gasteiger partial charge < -0.3 is 11.1 Å². The molecule has 2 aromatic carbocycles. The second-order valence-corrected chi connectivity index (χ2v) is 6.58. The van der Waals surface area contributed by atoms with Gasteiger partial charge in [0.15, 0.2) is 0 Å². The average Bonchev–Trinajstić information content (AvgIpc) is 2.86. The van der Waals surface area contributed by atoms with Crippen LogP contribution in [0.5, 0.6) is 0 Å². The number of nitrogens with one attached hydrogen (secondary N) is 1. The molecule has 0 bridgehead atoms. The number of aryl methyl sites for hydroxylation is 1. The van der Waals surface area contributed by atoms with Crippen molar-refractivity contribution in [1.82, 2.24) is 4.90 Å². The second kappa shape index (κ2) is 7.51. The van der Waals surface area contributed by atoms with E-state index in [4.69, 9.17) is 5.73 Å². The molecule has 1 aliphatic rings. The van der Waals surface area contributed by atoms with Crippen LogP contribution in [-0.2, 0) is 9.59 Å². The summed E-state index contributed by atoms with van der Waals surface area (Å²) in [7, 11) is 0. The van der Waals surface area contributed by atoms with Crippen LogP contribution in [0.1, 0.15) is 22.8 Å². The number of primary amides is 1. The lowest BCUT2D eigenvalue weighted by Gasteiger charge is -2.19. The first-order chi connectivity index (χ1) is 13.3. The number of rotatable bonds is 5. The summed E-state index contributed by atoms with van der Waals surface area (Å²) < 4.78 is 0. The van der Waals surface area contributed by atoms with Crippen LogP contribution in [0.2, 0.25) is 0 Å². The Balaban J connectivity index is 1.70. The molecule has 3 N–H and O–H groups in total. The first-order valence-corrected chi connectivity index (χ1v) is 8.69. The second-order valence-electron chi connectivity index (χ2n) is 6.58. The molecule has 5 amide bonds. The van der Waals surface area contributed by atoms with Gasteiger partial charge in [0.05, 0.1) is 0 Å². The van der Waals surface area contributed by atoms with Crippen LogP contribution in [0.25, 0.3) is 0 Å². The minimum atomic E-state index is -0.696. The molecule has 144 valence electrons. The molecule has 1 aliphatic heterocycles. The molecule has 2 aromatic rings. The van der Waals surface area contributed by atoms with Crippen LogP contribution < -0.4 is 16.0 Å². The fraction of sp³-hybridized carbons (Fsp3) is 0.200. The van der Waals surface area contributed by atoms with E-state index in [1.807, 2.05) is 19.1 Å². The van der Waals surface area contributed by atoms with E-state index in [9.17, 15) is 19.2 Å².